The fraction of sp³-hybridized carbons (Fsp3) is 0.727. The maximum Gasteiger partial charge on any atom is 0.314 e. The molecule has 0 aliphatic heterocycles. The van der Waals surface area contributed by atoms with Crippen LogP contribution in [0.5, 0.6) is 0 Å². The summed E-state index contributed by atoms with van der Waals surface area (Å²) in [5.74, 6) is -5.93. The van der Waals surface area contributed by atoms with Crippen molar-refractivity contribution in [3.8, 4) is 0 Å². The first-order chi connectivity index (χ1) is 9.40. The van der Waals surface area contributed by atoms with E-state index in [1.165, 1.54) is 20.8 Å². The number of nitrogens with one attached hydrogen (secondary N) is 1. The molecule has 0 radical (unpaired) electrons. The summed E-state index contributed by atoms with van der Waals surface area (Å²) in [6.07, 6.45) is -0.781. The van der Waals surface area contributed by atoms with E-state index in [9.17, 15) is 23.8 Å². The Balaban J connectivity index is 5.06. The molecule has 122 valence electrons. The molecule has 3 unspecified atom stereocenters. The van der Waals surface area contributed by atoms with Gasteiger partial charge >= 0.3 is 5.97 Å². The van der Waals surface area contributed by atoms with Gasteiger partial charge in [-0.2, -0.15) is 0 Å². The molecule has 0 rings (SSSR count). The Morgan fingerprint density at radius 1 is 1.19 bits per heavy atom. The van der Waals surface area contributed by atoms with Gasteiger partial charge in [0.2, 0.25) is 13.3 Å². The van der Waals surface area contributed by atoms with Gasteiger partial charge < -0.3 is 26.8 Å². The number of hydrogen-bond donors (Lipinski definition) is 5. The lowest BCUT2D eigenvalue weighted by molar-refractivity contribution is -0.146. The van der Waals surface area contributed by atoms with Gasteiger partial charge in [0, 0.05) is 6.16 Å². The topological polar surface area (TPSA) is 173 Å². The Labute approximate surface area is 122 Å². The first kappa shape index (κ1) is 19.7. The molecule has 0 aromatic carbocycles. The number of carboxylic acids is 1. The Morgan fingerprint density at radius 2 is 1.67 bits per heavy atom. The Bertz CT molecular complexity index is 465. The lowest BCUT2D eigenvalue weighted by atomic mass is 10.0. The van der Waals surface area contributed by atoms with Crippen LogP contribution in [0.3, 0.4) is 0 Å². The van der Waals surface area contributed by atoms with Crippen LogP contribution in [-0.2, 0) is 18.9 Å². The van der Waals surface area contributed by atoms with Crippen molar-refractivity contribution in [2.75, 3.05) is 6.16 Å². The summed E-state index contributed by atoms with van der Waals surface area (Å²) in [4.78, 5) is 44.2. The van der Waals surface area contributed by atoms with E-state index in [0.29, 0.717) is 0 Å². The maximum absolute atomic E-state index is 12.0. The minimum Gasteiger partial charge on any atom is -0.481 e. The SMILES string of the molecule is CC(N)P(=O)(O)CC(C(=O)O)C(=O)[C@H](C)NC(=O)[C@H](C)N. The van der Waals surface area contributed by atoms with E-state index in [0.717, 1.165) is 0 Å². The lowest BCUT2D eigenvalue weighted by Gasteiger charge is -2.22. The van der Waals surface area contributed by atoms with Crippen molar-refractivity contribution in [1.82, 2.24) is 5.32 Å². The molecule has 5 atom stereocenters. The predicted octanol–water partition coefficient (Wildman–Crippen LogP) is -1.32. The molecule has 0 saturated carbocycles. The standard InChI is InChI=1S/C11H22N3O6P/c1-5(12)10(16)14-6(2)9(15)8(11(17)18)4-21(19,20)7(3)13/h5-8H,4,12-13H2,1-3H3,(H,14,16)(H,17,18)(H,19,20)/t5-,6-,7?,8?/m0/s1. The molecule has 1 amide bonds. The van der Waals surface area contributed by atoms with Crippen molar-refractivity contribution in [3.05, 3.63) is 0 Å². The van der Waals surface area contributed by atoms with Crippen molar-refractivity contribution in [2.45, 2.75) is 38.6 Å². The summed E-state index contributed by atoms with van der Waals surface area (Å²) >= 11 is 0. The minimum atomic E-state index is -3.98. The molecule has 0 aromatic heterocycles. The Hall–Kier alpha value is -1.28. The second-order valence-corrected chi connectivity index (χ2v) is 7.68. The highest BCUT2D eigenvalue weighted by Crippen LogP contribution is 2.45. The molecule has 0 aliphatic carbocycles. The summed E-state index contributed by atoms with van der Waals surface area (Å²) in [6, 6.07) is -2.01. The third-order valence-corrected chi connectivity index (χ3v) is 5.08. The molecule has 0 spiro atoms. The van der Waals surface area contributed by atoms with Gasteiger partial charge in [0.15, 0.2) is 5.78 Å². The molecule has 0 bridgehead atoms. The van der Waals surface area contributed by atoms with Gasteiger partial charge in [0.1, 0.15) is 5.92 Å². The van der Waals surface area contributed by atoms with Crippen LogP contribution in [0.1, 0.15) is 20.8 Å². The molecule has 0 saturated heterocycles. The van der Waals surface area contributed by atoms with Crippen LogP contribution in [0.2, 0.25) is 0 Å². The highest BCUT2D eigenvalue weighted by molar-refractivity contribution is 7.58. The van der Waals surface area contributed by atoms with E-state index in [2.05, 4.69) is 5.32 Å². The molecule has 0 fully saturated rings. The summed E-state index contributed by atoms with van der Waals surface area (Å²) in [5, 5.41) is 11.3. The van der Waals surface area contributed by atoms with Crippen molar-refractivity contribution in [2.24, 2.45) is 17.4 Å². The van der Waals surface area contributed by atoms with Gasteiger partial charge in [0.25, 0.3) is 0 Å². The molecule has 0 aromatic rings. The highest BCUT2D eigenvalue weighted by atomic mass is 31.2. The van der Waals surface area contributed by atoms with E-state index in [1.807, 2.05) is 0 Å². The van der Waals surface area contributed by atoms with E-state index in [4.69, 9.17) is 16.6 Å². The zero-order valence-electron chi connectivity index (χ0n) is 12.1. The highest BCUT2D eigenvalue weighted by Gasteiger charge is 2.38. The van der Waals surface area contributed by atoms with Crippen LogP contribution in [-0.4, -0.2) is 51.7 Å². The molecule has 7 N–H and O–H groups in total. The third kappa shape index (κ3) is 5.92. The van der Waals surface area contributed by atoms with Crippen LogP contribution < -0.4 is 16.8 Å². The number of aliphatic carboxylic acids is 1. The first-order valence-electron chi connectivity index (χ1n) is 6.29. The van der Waals surface area contributed by atoms with Gasteiger partial charge in [-0.25, -0.2) is 0 Å². The minimum absolute atomic E-state index is 0.626. The molecule has 9 nitrogen and oxygen atoms in total. The van der Waals surface area contributed by atoms with Gasteiger partial charge in [-0.05, 0) is 20.8 Å². The summed E-state index contributed by atoms with van der Waals surface area (Å²) < 4.78 is 11.8. The smallest absolute Gasteiger partial charge is 0.314 e. The zero-order valence-corrected chi connectivity index (χ0v) is 13.0. The Kier molecular flexibility index (Phi) is 7.18. The van der Waals surface area contributed by atoms with Crippen molar-refractivity contribution >= 4 is 25.0 Å². The Morgan fingerprint density at radius 3 is 2.00 bits per heavy atom. The van der Waals surface area contributed by atoms with Crippen molar-refractivity contribution in [1.29, 1.82) is 0 Å². The largest absolute Gasteiger partial charge is 0.481 e. The van der Waals surface area contributed by atoms with Crippen LogP contribution in [0, 0.1) is 5.92 Å². The quantitative estimate of drug-likeness (QED) is 0.270. The van der Waals surface area contributed by atoms with Crippen molar-refractivity contribution in [3.63, 3.8) is 0 Å². The van der Waals surface area contributed by atoms with Gasteiger partial charge in [-0.1, -0.05) is 0 Å². The zero-order chi connectivity index (χ0) is 17.0. The summed E-state index contributed by atoms with van der Waals surface area (Å²) in [7, 11) is -3.98. The molecule has 0 aliphatic rings. The van der Waals surface area contributed by atoms with E-state index in [1.54, 1.807) is 0 Å². The number of Topliss-reactive ketones (excluding diaryl/α,β-unsaturated/α-hetero) is 1. The fourth-order valence-electron chi connectivity index (χ4n) is 1.44. The number of carboxylic acid groups (broad SMARTS) is 1. The van der Waals surface area contributed by atoms with Gasteiger partial charge in [-0.15, -0.1) is 0 Å². The number of carbonyl (C=O) groups is 3. The van der Waals surface area contributed by atoms with E-state index >= 15 is 0 Å². The van der Waals surface area contributed by atoms with E-state index < -0.39 is 55.0 Å². The number of ketones is 1. The van der Waals surface area contributed by atoms with Crippen LogP contribution in [0.4, 0.5) is 0 Å². The number of rotatable bonds is 8. The summed E-state index contributed by atoms with van der Waals surface area (Å²) in [6.45, 7) is 3.94. The predicted molar refractivity (Wildman–Crippen MR) is 75.7 cm³/mol. The average molecular weight is 323 g/mol. The van der Waals surface area contributed by atoms with Crippen LogP contribution in [0.25, 0.3) is 0 Å². The number of amides is 1. The molecule has 10 heteroatoms. The maximum atomic E-state index is 12.0. The van der Waals surface area contributed by atoms with Crippen molar-refractivity contribution < 1.29 is 28.9 Å². The molecular formula is C11H22N3O6P. The normalized spacial score (nSPS) is 19.7. The molecule has 0 heterocycles. The second-order valence-electron chi connectivity index (χ2n) is 4.99. The monoisotopic (exact) mass is 323 g/mol. The molecular weight excluding hydrogens is 301 g/mol. The summed E-state index contributed by atoms with van der Waals surface area (Å²) in [5.41, 5.74) is 10.6. The average Bonchev–Trinajstić information content (AvgIpc) is 2.34. The van der Waals surface area contributed by atoms with E-state index in [-0.39, 0.29) is 0 Å². The van der Waals surface area contributed by atoms with Crippen LogP contribution >= 0.6 is 7.37 Å². The molecule has 21 heavy (non-hydrogen) atoms. The van der Waals surface area contributed by atoms with Gasteiger partial charge in [0.05, 0.1) is 17.9 Å². The van der Waals surface area contributed by atoms with Gasteiger partial charge in [-0.3, -0.25) is 18.9 Å². The third-order valence-electron chi connectivity index (χ3n) is 2.92. The first-order valence-corrected chi connectivity index (χ1v) is 8.21. The van der Waals surface area contributed by atoms with Crippen LogP contribution in [0.15, 0.2) is 0 Å². The number of nitrogens with two attached hydrogens (primary N) is 2. The fourth-order valence-corrected chi connectivity index (χ4v) is 2.63. The number of carbonyl (C=O) groups excluding carboxylic acids is 2. The number of hydrogen-bond acceptors (Lipinski definition) is 6. The second kappa shape index (κ2) is 7.65. The lowest BCUT2D eigenvalue weighted by Crippen LogP contribution is -2.49.